The smallest absolute Gasteiger partial charge is 0.223 e. The number of nitrogens with zero attached hydrogens (tertiary/aromatic N) is 2. The van der Waals surface area contributed by atoms with Crippen molar-refractivity contribution in [1.82, 2.24) is 9.97 Å². The molecule has 1 radical (unpaired) electrons. The Morgan fingerprint density at radius 3 is 2.31 bits per heavy atom. The number of benzene rings is 2. The van der Waals surface area contributed by atoms with E-state index in [0.717, 1.165) is 29.2 Å². The summed E-state index contributed by atoms with van der Waals surface area (Å²) in [4.78, 5) is 8.84. The van der Waals surface area contributed by atoms with Gasteiger partial charge in [-0.2, -0.15) is 0 Å². The lowest BCUT2D eigenvalue weighted by atomic mass is 10.1. The van der Waals surface area contributed by atoms with Gasteiger partial charge in [-0.25, -0.2) is 9.97 Å². The summed E-state index contributed by atoms with van der Waals surface area (Å²) in [7, 11) is 0. The first-order chi connectivity index (χ1) is 12.6. The molecule has 0 aliphatic rings. The van der Waals surface area contributed by atoms with Crippen molar-refractivity contribution in [2.45, 2.75) is 26.3 Å². The van der Waals surface area contributed by atoms with Crippen LogP contribution in [0.25, 0.3) is 0 Å². The first kappa shape index (κ1) is 17.7. The van der Waals surface area contributed by atoms with Crippen LogP contribution in [0.3, 0.4) is 0 Å². The molecule has 5 nitrogen and oxygen atoms in total. The number of anilines is 4. The summed E-state index contributed by atoms with van der Waals surface area (Å²) < 4.78 is 0. The third-order valence-corrected chi connectivity index (χ3v) is 4.08. The third kappa shape index (κ3) is 4.72. The Hall–Kier alpha value is -3.08. The van der Waals surface area contributed by atoms with Gasteiger partial charge < -0.3 is 16.4 Å². The lowest BCUT2D eigenvalue weighted by molar-refractivity contribution is 0.853. The van der Waals surface area contributed by atoms with Crippen LogP contribution in [0.2, 0.25) is 0 Å². The minimum atomic E-state index is 0.112. The van der Waals surface area contributed by atoms with Gasteiger partial charge in [-0.15, -0.1) is 0 Å². The predicted octanol–water partition coefficient (Wildman–Crippen LogP) is 4.74. The van der Waals surface area contributed by atoms with Crippen LogP contribution in [0.15, 0.2) is 60.8 Å². The summed E-state index contributed by atoms with van der Waals surface area (Å²) in [6, 6.07) is 18.1. The third-order valence-electron chi connectivity index (χ3n) is 4.08. The Morgan fingerprint density at radius 1 is 1.00 bits per heavy atom. The summed E-state index contributed by atoms with van der Waals surface area (Å²) in [5, 5.41) is 6.73. The number of nitrogens with one attached hydrogen (secondary N) is 2. The molecule has 0 spiro atoms. The Balaban J connectivity index is 1.64. The van der Waals surface area contributed by atoms with Crippen molar-refractivity contribution in [3.05, 3.63) is 78.5 Å². The quantitative estimate of drug-likeness (QED) is 0.539. The van der Waals surface area contributed by atoms with E-state index in [1.807, 2.05) is 37.3 Å². The number of hydrogen-bond acceptors (Lipinski definition) is 5. The van der Waals surface area contributed by atoms with Crippen LogP contribution in [0, 0.1) is 6.42 Å². The Bertz CT molecular complexity index is 828. The minimum absolute atomic E-state index is 0.112. The fraction of sp³-hybridized carbons (Fsp3) is 0.190. The van der Waals surface area contributed by atoms with Crippen LogP contribution >= 0.6 is 0 Å². The van der Waals surface area contributed by atoms with Crippen molar-refractivity contribution in [3.8, 4) is 0 Å². The number of aromatic nitrogens is 2. The summed E-state index contributed by atoms with van der Waals surface area (Å²) in [6.07, 6.45) is 4.72. The molecule has 5 heteroatoms. The zero-order valence-electron chi connectivity index (χ0n) is 15.1. The van der Waals surface area contributed by atoms with E-state index < -0.39 is 0 Å². The molecule has 3 rings (SSSR count). The van der Waals surface area contributed by atoms with Crippen molar-refractivity contribution < 1.29 is 0 Å². The molecule has 2 aromatic carbocycles. The molecule has 133 valence electrons. The first-order valence-corrected chi connectivity index (χ1v) is 8.73. The van der Waals surface area contributed by atoms with E-state index in [1.54, 1.807) is 6.20 Å². The summed E-state index contributed by atoms with van der Waals surface area (Å²) in [5.41, 5.74) is 10.7. The van der Waals surface area contributed by atoms with Gasteiger partial charge in [-0.1, -0.05) is 19.1 Å². The van der Waals surface area contributed by atoms with Gasteiger partial charge in [0.1, 0.15) is 0 Å². The topological polar surface area (TPSA) is 75.9 Å². The first-order valence-electron chi connectivity index (χ1n) is 8.73. The average molecular weight is 346 g/mol. The van der Waals surface area contributed by atoms with E-state index in [2.05, 4.69) is 58.2 Å². The largest absolute Gasteiger partial charge is 0.399 e. The monoisotopic (exact) mass is 346 g/mol. The number of hydrogen-bond donors (Lipinski definition) is 3. The summed E-state index contributed by atoms with van der Waals surface area (Å²) in [5.74, 6) is 0.654. The lowest BCUT2D eigenvalue weighted by Gasteiger charge is -2.15. The average Bonchev–Trinajstić information content (AvgIpc) is 2.65. The molecular formula is C21H24N5. The maximum Gasteiger partial charge on any atom is 0.223 e. The van der Waals surface area contributed by atoms with Crippen molar-refractivity contribution in [3.63, 3.8) is 0 Å². The number of nitrogens with two attached hydrogens (primary N) is 1. The summed E-state index contributed by atoms with van der Waals surface area (Å²) >= 11 is 0. The van der Waals surface area contributed by atoms with Gasteiger partial charge >= 0.3 is 0 Å². The van der Waals surface area contributed by atoms with Gasteiger partial charge in [0.15, 0.2) is 0 Å². The molecular weight excluding hydrogens is 322 g/mol. The molecule has 4 N–H and O–H groups in total. The SMILES string of the molecule is C[CH]Cc1ccnc(N[C@@H](C)c2ccc(Nc3ccc(N)cc3)cc2)n1. The predicted molar refractivity (Wildman–Crippen MR) is 108 cm³/mol. The van der Waals surface area contributed by atoms with E-state index in [-0.39, 0.29) is 6.04 Å². The highest BCUT2D eigenvalue weighted by atomic mass is 15.1. The van der Waals surface area contributed by atoms with Crippen molar-refractivity contribution in [1.29, 1.82) is 0 Å². The van der Waals surface area contributed by atoms with Crippen molar-refractivity contribution in [2.75, 3.05) is 16.4 Å². The molecule has 1 heterocycles. The molecule has 0 bridgehead atoms. The van der Waals surface area contributed by atoms with Crippen LogP contribution in [0.4, 0.5) is 23.0 Å². The van der Waals surface area contributed by atoms with Crippen molar-refractivity contribution in [2.24, 2.45) is 0 Å². The van der Waals surface area contributed by atoms with Gasteiger partial charge in [0, 0.05) is 29.0 Å². The molecule has 0 unspecified atom stereocenters. The van der Waals surface area contributed by atoms with E-state index in [4.69, 9.17) is 5.73 Å². The number of rotatable bonds is 7. The van der Waals surface area contributed by atoms with E-state index >= 15 is 0 Å². The fourth-order valence-electron chi connectivity index (χ4n) is 2.65. The zero-order chi connectivity index (χ0) is 18.4. The maximum atomic E-state index is 5.72. The molecule has 26 heavy (non-hydrogen) atoms. The Morgan fingerprint density at radius 2 is 1.65 bits per heavy atom. The van der Waals surface area contributed by atoms with E-state index in [9.17, 15) is 0 Å². The molecule has 0 fully saturated rings. The Labute approximate surface area is 154 Å². The van der Waals surface area contributed by atoms with Gasteiger partial charge in [0.2, 0.25) is 5.95 Å². The maximum absolute atomic E-state index is 5.72. The molecule has 0 saturated heterocycles. The van der Waals surface area contributed by atoms with Gasteiger partial charge in [-0.3, -0.25) is 0 Å². The highest BCUT2D eigenvalue weighted by Gasteiger charge is 2.08. The molecule has 1 atom stereocenters. The second-order valence-corrected chi connectivity index (χ2v) is 6.22. The highest BCUT2D eigenvalue weighted by Crippen LogP contribution is 2.22. The minimum Gasteiger partial charge on any atom is -0.399 e. The molecule has 0 saturated carbocycles. The molecule has 0 aliphatic heterocycles. The lowest BCUT2D eigenvalue weighted by Crippen LogP contribution is -2.10. The summed E-state index contributed by atoms with van der Waals surface area (Å²) in [6.45, 7) is 4.13. The standard InChI is InChI=1S/C21H24N5/c1-3-4-18-13-14-23-21(26-18)24-15(2)16-5-9-19(10-6-16)25-20-11-7-17(22)8-12-20/h3,5-15,25H,4,22H2,1-2H3,(H,23,24,26)/t15-/m0/s1. The van der Waals surface area contributed by atoms with Crippen LogP contribution in [0.5, 0.6) is 0 Å². The molecule has 1 aromatic heterocycles. The zero-order valence-corrected chi connectivity index (χ0v) is 15.1. The van der Waals surface area contributed by atoms with Crippen LogP contribution < -0.4 is 16.4 Å². The number of nitrogen functional groups attached to an aromatic ring is 1. The van der Waals surface area contributed by atoms with E-state index in [1.165, 1.54) is 5.56 Å². The second kappa shape index (κ2) is 8.34. The highest BCUT2D eigenvalue weighted by molar-refractivity contribution is 5.62. The van der Waals surface area contributed by atoms with E-state index in [0.29, 0.717) is 5.95 Å². The van der Waals surface area contributed by atoms with Gasteiger partial charge in [-0.05, 0) is 67.8 Å². The van der Waals surface area contributed by atoms with Gasteiger partial charge in [0.05, 0.1) is 6.04 Å². The molecule has 3 aromatic rings. The van der Waals surface area contributed by atoms with Gasteiger partial charge in [0.25, 0.3) is 0 Å². The van der Waals surface area contributed by atoms with Crippen LogP contribution in [-0.4, -0.2) is 9.97 Å². The van der Waals surface area contributed by atoms with Crippen molar-refractivity contribution >= 4 is 23.0 Å². The Kier molecular flexibility index (Phi) is 5.69. The fourth-order valence-corrected chi connectivity index (χ4v) is 2.65. The van der Waals surface area contributed by atoms with Crippen LogP contribution in [-0.2, 0) is 6.42 Å². The molecule has 0 aliphatic carbocycles. The normalized spacial score (nSPS) is 11.8. The van der Waals surface area contributed by atoms with Crippen LogP contribution in [0.1, 0.15) is 31.1 Å². The molecule has 0 amide bonds. The second-order valence-electron chi connectivity index (χ2n) is 6.22.